The van der Waals surface area contributed by atoms with Crippen LogP contribution in [0.5, 0.6) is 0 Å². The number of nitrogens with one attached hydrogen (secondary N) is 1. The van der Waals surface area contributed by atoms with E-state index in [1.807, 2.05) is 21.0 Å². The highest BCUT2D eigenvalue weighted by molar-refractivity contribution is 7.85. The van der Waals surface area contributed by atoms with Crippen molar-refractivity contribution in [3.8, 4) is 0 Å². The summed E-state index contributed by atoms with van der Waals surface area (Å²) in [6.07, 6.45) is 3.08. The summed E-state index contributed by atoms with van der Waals surface area (Å²) in [7, 11) is 2.49. The fraction of sp³-hybridized carbons (Fsp3) is 0.267. The van der Waals surface area contributed by atoms with Crippen LogP contribution < -0.4 is 10.2 Å². The number of anilines is 2. The Morgan fingerprint density at radius 3 is 2.45 bits per heavy atom. The average Bonchev–Trinajstić information content (AvgIpc) is 2.54. The molecule has 0 spiro atoms. The minimum absolute atomic E-state index is 0.321. The van der Waals surface area contributed by atoms with Crippen molar-refractivity contribution < 1.29 is 9.00 Å². The fourth-order valence-electron chi connectivity index (χ4n) is 1.82. The summed E-state index contributed by atoms with van der Waals surface area (Å²) in [6, 6.07) is 6.89. The lowest BCUT2D eigenvalue weighted by Gasteiger charge is -2.11. The second-order valence-corrected chi connectivity index (χ2v) is 6.46. The van der Waals surface area contributed by atoms with Crippen molar-refractivity contribution in [1.29, 1.82) is 0 Å². The standard InChI is InChI=1S/C15H18N4O2S/c1-4-22(21)13-8-6-5-7-12(13)14(20)18-11-9-16-15(17-10-11)19(2)3/h5-10H,4H2,1-3H3,(H,18,20)/t22-/m1/s1. The van der Waals surface area contributed by atoms with Crippen LogP contribution in [0.4, 0.5) is 11.6 Å². The summed E-state index contributed by atoms with van der Waals surface area (Å²) in [4.78, 5) is 22.9. The summed E-state index contributed by atoms with van der Waals surface area (Å²) in [5, 5.41) is 2.73. The Hall–Kier alpha value is -2.28. The molecule has 0 fully saturated rings. The molecule has 1 atom stereocenters. The molecule has 0 radical (unpaired) electrons. The molecule has 116 valence electrons. The number of nitrogens with zero attached hydrogens (tertiary/aromatic N) is 3. The lowest BCUT2D eigenvalue weighted by Crippen LogP contribution is -2.16. The Labute approximate surface area is 132 Å². The maximum absolute atomic E-state index is 12.4. The molecular formula is C15H18N4O2S. The van der Waals surface area contributed by atoms with Crippen LogP contribution in [0.3, 0.4) is 0 Å². The zero-order valence-electron chi connectivity index (χ0n) is 12.7. The summed E-state index contributed by atoms with van der Waals surface area (Å²) in [5.41, 5.74) is 0.895. The van der Waals surface area contributed by atoms with Gasteiger partial charge in [0, 0.05) is 19.8 Å². The molecule has 6 nitrogen and oxygen atoms in total. The van der Waals surface area contributed by atoms with E-state index in [0.29, 0.717) is 27.8 Å². The van der Waals surface area contributed by atoms with Gasteiger partial charge >= 0.3 is 0 Å². The smallest absolute Gasteiger partial charge is 0.256 e. The summed E-state index contributed by atoms with van der Waals surface area (Å²) < 4.78 is 12.0. The predicted molar refractivity (Wildman–Crippen MR) is 87.7 cm³/mol. The van der Waals surface area contributed by atoms with Crippen molar-refractivity contribution in [1.82, 2.24) is 9.97 Å². The molecule has 1 amide bonds. The van der Waals surface area contributed by atoms with Crippen LogP contribution in [0.25, 0.3) is 0 Å². The molecule has 0 aliphatic heterocycles. The molecule has 7 heteroatoms. The number of hydrogen-bond donors (Lipinski definition) is 1. The third kappa shape index (κ3) is 3.67. The van der Waals surface area contributed by atoms with Crippen LogP contribution in [0.1, 0.15) is 17.3 Å². The number of aromatic nitrogens is 2. The van der Waals surface area contributed by atoms with E-state index in [1.54, 1.807) is 41.6 Å². The molecule has 1 aromatic carbocycles. The largest absolute Gasteiger partial charge is 0.347 e. The number of amides is 1. The van der Waals surface area contributed by atoms with Gasteiger partial charge in [0.25, 0.3) is 5.91 Å². The van der Waals surface area contributed by atoms with E-state index < -0.39 is 10.8 Å². The van der Waals surface area contributed by atoms with Crippen molar-refractivity contribution in [2.45, 2.75) is 11.8 Å². The van der Waals surface area contributed by atoms with Gasteiger partial charge in [-0.3, -0.25) is 9.00 Å². The van der Waals surface area contributed by atoms with Gasteiger partial charge in [-0.2, -0.15) is 0 Å². The second-order valence-electron chi connectivity index (χ2n) is 4.75. The number of carbonyl (C=O) groups is 1. The van der Waals surface area contributed by atoms with E-state index >= 15 is 0 Å². The number of rotatable bonds is 5. The number of carbonyl (C=O) groups excluding carboxylic acids is 1. The van der Waals surface area contributed by atoms with Crippen LogP contribution in [0, 0.1) is 0 Å². The maximum Gasteiger partial charge on any atom is 0.256 e. The van der Waals surface area contributed by atoms with Gasteiger partial charge in [0.1, 0.15) is 0 Å². The number of benzene rings is 1. The molecule has 2 rings (SSSR count). The highest BCUT2D eigenvalue weighted by Crippen LogP contribution is 2.16. The molecule has 1 heterocycles. The normalized spacial score (nSPS) is 11.8. The zero-order chi connectivity index (χ0) is 16.1. The van der Waals surface area contributed by atoms with E-state index in [4.69, 9.17) is 0 Å². The van der Waals surface area contributed by atoms with Gasteiger partial charge in [0.15, 0.2) is 0 Å². The number of hydrogen-bond acceptors (Lipinski definition) is 5. The first-order valence-corrected chi connectivity index (χ1v) is 8.13. The Bertz CT molecular complexity index is 686. The Morgan fingerprint density at radius 2 is 1.86 bits per heavy atom. The van der Waals surface area contributed by atoms with Gasteiger partial charge < -0.3 is 10.2 Å². The molecule has 0 bridgehead atoms. The van der Waals surface area contributed by atoms with Crippen molar-refractivity contribution in [3.63, 3.8) is 0 Å². The van der Waals surface area contributed by atoms with Gasteiger partial charge in [-0.15, -0.1) is 0 Å². The van der Waals surface area contributed by atoms with Crippen LogP contribution in [0.2, 0.25) is 0 Å². The Kier molecular flexibility index (Phi) is 5.21. The molecule has 1 aromatic heterocycles. The van der Waals surface area contributed by atoms with Crippen LogP contribution >= 0.6 is 0 Å². The minimum atomic E-state index is -1.19. The lowest BCUT2D eigenvalue weighted by atomic mass is 10.2. The minimum Gasteiger partial charge on any atom is -0.347 e. The molecule has 0 unspecified atom stereocenters. The average molecular weight is 318 g/mol. The fourth-order valence-corrected chi connectivity index (χ4v) is 2.77. The van der Waals surface area contributed by atoms with Gasteiger partial charge in [-0.25, -0.2) is 9.97 Å². The van der Waals surface area contributed by atoms with Crippen LogP contribution in [0.15, 0.2) is 41.6 Å². The molecule has 1 N–H and O–H groups in total. The van der Waals surface area contributed by atoms with E-state index in [9.17, 15) is 9.00 Å². The maximum atomic E-state index is 12.4. The van der Waals surface area contributed by atoms with Crippen molar-refractivity contribution >= 4 is 28.3 Å². The third-order valence-corrected chi connectivity index (χ3v) is 4.31. The SMILES string of the molecule is CC[S@@](=O)c1ccccc1C(=O)Nc1cnc(N(C)C)nc1. The monoisotopic (exact) mass is 318 g/mol. The summed E-state index contributed by atoms with van der Waals surface area (Å²) in [6.45, 7) is 1.82. The Balaban J connectivity index is 2.21. The summed E-state index contributed by atoms with van der Waals surface area (Å²) in [5.74, 6) is 0.703. The molecule has 0 saturated heterocycles. The summed E-state index contributed by atoms with van der Waals surface area (Å²) >= 11 is 0. The van der Waals surface area contributed by atoms with E-state index in [-0.39, 0.29) is 5.91 Å². The molecule has 0 aliphatic carbocycles. The quantitative estimate of drug-likeness (QED) is 0.911. The second kappa shape index (κ2) is 7.13. The predicted octanol–water partition coefficient (Wildman–Crippen LogP) is 1.92. The topological polar surface area (TPSA) is 75.2 Å². The lowest BCUT2D eigenvalue weighted by molar-refractivity contribution is 0.102. The van der Waals surface area contributed by atoms with Crippen molar-refractivity contribution in [2.75, 3.05) is 30.1 Å². The van der Waals surface area contributed by atoms with Crippen LogP contribution in [-0.2, 0) is 10.8 Å². The molecule has 22 heavy (non-hydrogen) atoms. The van der Waals surface area contributed by atoms with Gasteiger partial charge in [-0.1, -0.05) is 19.1 Å². The van der Waals surface area contributed by atoms with Gasteiger partial charge in [0.05, 0.1) is 39.3 Å². The third-order valence-electron chi connectivity index (χ3n) is 2.94. The molecule has 2 aromatic rings. The van der Waals surface area contributed by atoms with Gasteiger partial charge in [-0.05, 0) is 12.1 Å². The van der Waals surface area contributed by atoms with Crippen LogP contribution in [-0.4, -0.2) is 39.9 Å². The first kappa shape index (κ1) is 16.1. The first-order valence-electron chi connectivity index (χ1n) is 6.81. The van der Waals surface area contributed by atoms with E-state index in [2.05, 4.69) is 15.3 Å². The Morgan fingerprint density at radius 1 is 1.23 bits per heavy atom. The highest BCUT2D eigenvalue weighted by Gasteiger charge is 2.15. The molecule has 0 aliphatic rings. The van der Waals surface area contributed by atoms with E-state index in [0.717, 1.165) is 0 Å². The first-order chi connectivity index (χ1) is 10.5. The van der Waals surface area contributed by atoms with Crippen molar-refractivity contribution in [2.24, 2.45) is 0 Å². The molecular weight excluding hydrogens is 300 g/mol. The zero-order valence-corrected chi connectivity index (χ0v) is 13.6. The highest BCUT2D eigenvalue weighted by atomic mass is 32.2. The van der Waals surface area contributed by atoms with E-state index in [1.165, 1.54) is 0 Å². The van der Waals surface area contributed by atoms with Crippen molar-refractivity contribution in [3.05, 3.63) is 42.2 Å². The van der Waals surface area contributed by atoms with Gasteiger partial charge in [0.2, 0.25) is 5.95 Å². The molecule has 0 saturated carbocycles.